The Balaban J connectivity index is 4.18. The molecule has 0 aromatic heterocycles. The number of quaternary nitrogens is 1. The van der Waals surface area contributed by atoms with Gasteiger partial charge in [-0.25, -0.2) is 4.57 Å². The van der Waals surface area contributed by atoms with Crippen LogP contribution in [-0.4, -0.2) is 74.9 Å². The zero-order chi connectivity index (χ0) is 61.2. The fourth-order valence-corrected chi connectivity index (χ4v) is 9.46. The monoisotopic (exact) mass is 1190 g/mol. The van der Waals surface area contributed by atoms with Gasteiger partial charge in [0.1, 0.15) is 19.8 Å². The summed E-state index contributed by atoms with van der Waals surface area (Å²) in [7, 11) is 1.45. The second kappa shape index (κ2) is 63.4. The molecule has 0 aromatic rings. The van der Waals surface area contributed by atoms with E-state index >= 15 is 0 Å². The van der Waals surface area contributed by atoms with Crippen LogP contribution in [0.4, 0.5) is 0 Å². The highest BCUT2D eigenvalue weighted by molar-refractivity contribution is 7.47. The number of ether oxygens (including phenoxy) is 2. The van der Waals surface area contributed by atoms with Gasteiger partial charge in [-0.05, 0) is 122 Å². The molecule has 2 unspecified atom stereocenters. The molecule has 0 amide bonds. The Labute approximate surface area is 516 Å². The zero-order valence-electron chi connectivity index (χ0n) is 54.3. The molecule has 10 heteroatoms. The van der Waals surface area contributed by atoms with Gasteiger partial charge in [0.15, 0.2) is 6.10 Å². The van der Waals surface area contributed by atoms with Crippen LogP contribution in [-0.2, 0) is 32.7 Å². The van der Waals surface area contributed by atoms with Gasteiger partial charge in [-0.15, -0.1) is 0 Å². The van der Waals surface area contributed by atoms with Crippen LogP contribution < -0.4 is 0 Å². The zero-order valence-corrected chi connectivity index (χ0v) is 55.2. The summed E-state index contributed by atoms with van der Waals surface area (Å²) in [5.74, 6) is -0.821. The van der Waals surface area contributed by atoms with E-state index in [0.717, 1.165) is 122 Å². The minimum atomic E-state index is -4.41. The first-order valence-electron chi connectivity index (χ1n) is 33.6. The third-order valence-electron chi connectivity index (χ3n) is 13.9. The molecular formula is C74H125NO8P+. The molecule has 0 aromatic carbocycles. The van der Waals surface area contributed by atoms with Gasteiger partial charge in [0.25, 0.3) is 0 Å². The first-order chi connectivity index (χ1) is 41.0. The minimum absolute atomic E-state index is 0.0210. The van der Waals surface area contributed by atoms with Crippen LogP contribution in [0.3, 0.4) is 0 Å². The largest absolute Gasteiger partial charge is 0.472 e. The fraction of sp³-hybridized carbons (Fsp3) is 0.649. The van der Waals surface area contributed by atoms with Crippen molar-refractivity contribution in [2.75, 3.05) is 47.5 Å². The quantitative estimate of drug-likeness (QED) is 0.0211. The molecule has 478 valence electrons. The first kappa shape index (κ1) is 79.9. The van der Waals surface area contributed by atoms with Gasteiger partial charge in [-0.2, -0.15) is 0 Å². The average molecular weight is 1190 g/mol. The molecule has 0 aliphatic heterocycles. The van der Waals surface area contributed by atoms with E-state index in [1.165, 1.54) is 103 Å². The van der Waals surface area contributed by atoms with Crippen LogP contribution in [0.2, 0.25) is 0 Å². The number of rotatable bonds is 60. The highest BCUT2D eigenvalue weighted by atomic mass is 31.2. The van der Waals surface area contributed by atoms with Crippen LogP contribution in [0.1, 0.15) is 258 Å². The van der Waals surface area contributed by atoms with Crippen molar-refractivity contribution in [2.24, 2.45) is 0 Å². The molecule has 0 aliphatic carbocycles. The fourth-order valence-electron chi connectivity index (χ4n) is 8.72. The second-order valence-corrected chi connectivity index (χ2v) is 24.6. The number of phosphoric ester groups is 1. The van der Waals surface area contributed by atoms with Gasteiger partial charge >= 0.3 is 19.8 Å². The van der Waals surface area contributed by atoms with Crippen LogP contribution in [0.15, 0.2) is 146 Å². The van der Waals surface area contributed by atoms with Crippen molar-refractivity contribution < 1.29 is 42.1 Å². The SMILES string of the molecule is CC/C=C\C/C=C\C/C=C\C/C=C\C/C=C\C/C=C\C/C=C\C/C=C\C/C=C\CCCCCCCCCC(=O)OC(COC(=O)CCCCCCCCCCCC/C=C\C/C=C\C/C=C\CCCCCCC)COP(=O)(O)OCC[N+](C)(C)C. The van der Waals surface area contributed by atoms with Crippen LogP contribution in [0, 0.1) is 0 Å². The average Bonchev–Trinajstić information content (AvgIpc) is 3.61. The molecule has 2 atom stereocenters. The smallest absolute Gasteiger partial charge is 0.462 e. The third-order valence-corrected chi connectivity index (χ3v) is 14.8. The summed E-state index contributed by atoms with van der Waals surface area (Å²) < 4.78 is 34.7. The number of likely N-dealkylation sites (N-methyl/N-ethyl adjacent to an activating group) is 1. The predicted octanol–water partition coefficient (Wildman–Crippen LogP) is 21.8. The summed E-state index contributed by atoms with van der Waals surface area (Å²) in [6.07, 6.45) is 93.6. The van der Waals surface area contributed by atoms with E-state index in [9.17, 15) is 19.0 Å². The Kier molecular flexibility index (Phi) is 60.3. The Morgan fingerprint density at radius 1 is 0.381 bits per heavy atom. The Hall–Kier alpha value is -4.11. The van der Waals surface area contributed by atoms with Gasteiger partial charge < -0.3 is 18.9 Å². The van der Waals surface area contributed by atoms with Crippen LogP contribution in [0.5, 0.6) is 0 Å². The number of phosphoric acid groups is 1. The van der Waals surface area contributed by atoms with E-state index in [1.807, 2.05) is 21.1 Å². The number of carbonyl (C=O) groups excluding carboxylic acids is 2. The first-order valence-corrected chi connectivity index (χ1v) is 35.1. The molecule has 9 nitrogen and oxygen atoms in total. The number of esters is 2. The molecular weight excluding hydrogens is 1060 g/mol. The lowest BCUT2D eigenvalue weighted by Gasteiger charge is -2.24. The van der Waals surface area contributed by atoms with Crippen LogP contribution >= 0.6 is 7.82 Å². The van der Waals surface area contributed by atoms with Crippen molar-refractivity contribution in [1.82, 2.24) is 0 Å². The molecule has 1 N–H and O–H groups in total. The standard InChI is InChI=1S/C74H124NO8P/c1-6-8-10-12-14-16-18-20-22-24-26-28-30-32-33-34-35-36-37-38-39-40-41-43-45-47-49-51-53-55-57-59-61-63-65-67-74(77)83-72(71-82-84(78,79)81-69-68-75(3,4)5)70-80-73(76)66-64-62-60-58-56-54-52-50-48-46-44-42-31-29-27-25-23-21-19-17-15-13-11-9-7-2/h8,10,14,16,19-22,25-28,31-33,35-36,38-39,41-43,47,49,72H,6-7,9,11-13,15,17-18,23-24,29-30,34,37,40,44-46,48,50-71H2,1-5H3/p+1/b10-8-,16-14-,21-19-,22-20-,27-25-,28-26-,33-32-,36-35-,39-38-,42-31-,43-41-,49-47-. The van der Waals surface area contributed by atoms with Crippen molar-refractivity contribution in [3.05, 3.63) is 146 Å². The maximum atomic E-state index is 12.9. The Bertz CT molecular complexity index is 1930. The summed E-state index contributed by atoms with van der Waals surface area (Å²) in [5.41, 5.74) is 0. The highest BCUT2D eigenvalue weighted by Gasteiger charge is 2.27. The second-order valence-electron chi connectivity index (χ2n) is 23.1. The van der Waals surface area contributed by atoms with E-state index in [0.29, 0.717) is 17.4 Å². The summed E-state index contributed by atoms with van der Waals surface area (Å²) in [6.45, 7) is 4.29. The number of nitrogens with zero attached hydrogens (tertiary/aromatic N) is 1. The maximum Gasteiger partial charge on any atom is 0.472 e. The van der Waals surface area contributed by atoms with Gasteiger partial charge in [0.05, 0.1) is 27.7 Å². The third kappa shape index (κ3) is 67.0. The molecule has 0 spiro atoms. The van der Waals surface area contributed by atoms with E-state index in [1.54, 1.807) is 0 Å². The summed E-state index contributed by atoms with van der Waals surface area (Å²) >= 11 is 0. The minimum Gasteiger partial charge on any atom is -0.462 e. The van der Waals surface area contributed by atoms with Crippen molar-refractivity contribution >= 4 is 19.8 Å². The maximum absolute atomic E-state index is 12.9. The molecule has 0 radical (unpaired) electrons. The number of unbranched alkanes of at least 4 members (excludes halogenated alkanes) is 22. The molecule has 0 saturated carbocycles. The summed E-state index contributed by atoms with van der Waals surface area (Å²) in [5, 5.41) is 0. The van der Waals surface area contributed by atoms with Gasteiger partial charge in [-0.1, -0.05) is 269 Å². The molecule has 0 rings (SSSR count). The molecule has 0 fully saturated rings. The lowest BCUT2D eigenvalue weighted by Crippen LogP contribution is -2.37. The number of carbonyl (C=O) groups is 2. The number of allylic oxidation sites excluding steroid dienone is 24. The number of hydrogen-bond acceptors (Lipinski definition) is 7. The molecule has 0 heterocycles. The van der Waals surface area contributed by atoms with Crippen molar-refractivity contribution in [3.63, 3.8) is 0 Å². The van der Waals surface area contributed by atoms with E-state index < -0.39 is 26.5 Å². The van der Waals surface area contributed by atoms with Crippen molar-refractivity contribution in [2.45, 2.75) is 264 Å². The molecule has 0 bridgehead atoms. The van der Waals surface area contributed by atoms with Gasteiger partial charge in [0.2, 0.25) is 0 Å². The van der Waals surface area contributed by atoms with Crippen LogP contribution in [0.25, 0.3) is 0 Å². The number of hydrogen-bond donors (Lipinski definition) is 1. The van der Waals surface area contributed by atoms with E-state index in [-0.39, 0.29) is 32.0 Å². The summed E-state index contributed by atoms with van der Waals surface area (Å²) in [6, 6.07) is 0. The van der Waals surface area contributed by atoms with Crippen molar-refractivity contribution in [3.8, 4) is 0 Å². The Morgan fingerprint density at radius 2 is 0.679 bits per heavy atom. The van der Waals surface area contributed by atoms with Gasteiger partial charge in [0, 0.05) is 12.8 Å². The molecule has 0 aliphatic rings. The van der Waals surface area contributed by atoms with Gasteiger partial charge in [-0.3, -0.25) is 18.6 Å². The van der Waals surface area contributed by atoms with E-state index in [4.69, 9.17) is 18.5 Å². The predicted molar refractivity (Wildman–Crippen MR) is 362 cm³/mol. The molecule has 84 heavy (non-hydrogen) atoms. The lowest BCUT2D eigenvalue weighted by molar-refractivity contribution is -0.870. The summed E-state index contributed by atoms with van der Waals surface area (Å²) in [4.78, 5) is 35.8. The highest BCUT2D eigenvalue weighted by Crippen LogP contribution is 2.43. The topological polar surface area (TPSA) is 108 Å². The molecule has 0 saturated heterocycles. The normalized spacial score (nSPS) is 14.1. The Morgan fingerprint density at radius 3 is 1.01 bits per heavy atom. The lowest BCUT2D eigenvalue weighted by atomic mass is 10.1. The van der Waals surface area contributed by atoms with E-state index in [2.05, 4.69) is 160 Å². The van der Waals surface area contributed by atoms with Crippen molar-refractivity contribution in [1.29, 1.82) is 0 Å².